The molecule has 0 saturated carbocycles. The molecular weight excluding hydrogens is 405 g/mol. The van der Waals surface area contributed by atoms with E-state index in [0.717, 1.165) is 5.32 Å². The second kappa shape index (κ2) is 6.79. The number of urea groups is 1. The summed E-state index contributed by atoms with van der Waals surface area (Å²) in [5, 5.41) is 13.2. The number of carbonyl (C=O) groups excluding carboxylic acids is 2. The summed E-state index contributed by atoms with van der Waals surface area (Å²) in [6, 6.07) is 2.83. The van der Waals surface area contributed by atoms with E-state index in [1.165, 1.54) is 30.3 Å². The highest BCUT2D eigenvalue weighted by atomic mass is 19.4. The smallest absolute Gasteiger partial charge is 0.460 e. The lowest BCUT2D eigenvalue weighted by molar-refractivity contribution is -0.397. The Bertz CT molecular complexity index is 757. The minimum atomic E-state index is -6.80. The standard InChI is InChI=1S/C15H13F7N2O4/c1-28-10(25)8-9(7-5-3-2-4-6-7)23-11(26)24-12(8,27)13(16,17)14(18,19)15(20,21)22/h2-6,8-9,27H,1H3,(H2,23,24,26). The third kappa shape index (κ3) is 3.12. The molecule has 0 aromatic heterocycles. The van der Waals surface area contributed by atoms with Gasteiger partial charge in [0.25, 0.3) is 0 Å². The van der Waals surface area contributed by atoms with Gasteiger partial charge in [0, 0.05) is 0 Å². The van der Waals surface area contributed by atoms with Crippen LogP contribution in [0.5, 0.6) is 0 Å². The van der Waals surface area contributed by atoms with E-state index in [1.807, 2.05) is 5.32 Å². The largest absolute Gasteiger partial charge is 0.469 e. The van der Waals surface area contributed by atoms with Crippen molar-refractivity contribution in [3.63, 3.8) is 0 Å². The number of halogens is 7. The summed E-state index contributed by atoms with van der Waals surface area (Å²) < 4.78 is 98.0. The van der Waals surface area contributed by atoms with Crippen molar-refractivity contribution in [3.05, 3.63) is 35.9 Å². The van der Waals surface area contributed by atoms with Crippen LogP contribution in [-0.4, -0.2) is 48.0 Å². The predicted molar refractivity (Wildman–Crippen MR) is 77.3 cm³/mol. The summed E-state index contributed by atoms with van der Waals surface area (Å²) in [4.78, 5) is 23.8. The van der Waals surface area contributed by atoms with Crippen LogP contribution in [0.25, 0.3) is 0 Å². The van der Waals surface area contributed by atoms with Crippen LogP contribution < -0.4 is 10.6 Å². The fraction of sp³-hybridized carbons (Fsp3) is 0.467. The molecule has 156 valence electrons. The number of hydrogen-bond donors (Lipinski definition) is 3. The fourth-order valence-corrected chi connectivity index (χ4v) is 2.81. The molecule has 13 heteroatoms. The molecule has 3 unspecified atom stereocenters. The van der Waals surface area contributed by atoms with Crippen LogP contribution in [0.4, 0.5) is 35.5 Å². The Hall–Kier alpha value is -2.57. The average Bonchev–Trinajstić information content (AvgIpc) is 2.60. The minimum Gasteiger partial charge on any atom is -0.469 e. The number of aliphatic hydroxyl groups is 1. The number of amides is 2. The molecule has 1 aliphatic heterocycles. The summed E-state index contributed by atoms with van der Waals surface area (Å²) in [6.07, 6.45) is -6.80. The Morgan fingerprint density at radius 3 is 2.11 bits per heavy atom. The zero-order valence-electron chi connectivity index (χ0n) is 13.9. The van der Waals surface area contributed by atoms with Crippen LogP contribution >= 0.6 is 0 Å². The lowest BCUT2D eigenvalue weighted by Gasteiger charge is -2.48. The molecule has 1 aromatic rings. The maximum atomic E-state index is 14.4. The topological polar surface area (TPSA) is 87.7 Å². The molecular formula is C15H13F7N2O4. The van der Waals surface area contributed by atoms with Gasteiger partial charge in [-0.05, 0) is 5.56 Å². The highest BCUT2D eigenvalue weighted by molar-refractivity contribution is 5.83. The summed E-state index contributed by atoms with van der Waals surface area (Å²) in [5.41, 5.74) is -4.76. The zero-order valence-corrected chi connectivity index (χ0v) is 13.9. The molecule has 1 fully saturated rings. The van der Waals surface area contributed by atoms with Crippen molar-refractivity contribution in [3.8, 4) is 0 Å². The molecule has 0 aliphatic carbocycles. The Balaban J connectivity index is 2.70. The SMILES string of the molecule is COC(=O)C1C(c2ccccc2)NC(=O)NC1(O)C(F)(F)C(F)(F)C(F)(F)F. The van der Waals surface area contributed by atoms with Gasteiger partial charge in [-0.15, -0.1) is 0 Å². The van der Waals surface area contributed by atoms with Crippen LogP contribution in [0, 0.1) is 5.92 Å². The van der Waals surface area contributed by atoms with E-state index in [2.05, 4.69) is 4.74 Å². The van der Waals surface area contributed by atoms with Crippen molar-refractivity contribution in [2.24, 2.45) is 5.92 Å². The number of hydrogen-bond acceptors (Lipinski definition) is 4. The van der Waals surface area contributed by atoms with Crippen molar-refractivity contribution in [2.45, 2.75) is 29.8 Å². The maximum absolute atomic E-state index is 14.4. The highest BCUT2D eigenvalue weighted by Gasteiger charge is 2.83. The number of benzene rings is 1. The fourth-order valence-electron chi connectivity index (χ4n) is 2.81. The van der Waals surface area contributed by atoms with Crippen LogP contribution in [-0.2, 0) is 9.53 Å². The third-order valence-corrected chi connectivity index (χ3v) is 4.22. The van der Waals surface area contributed by atoms with E-state index in [9.17, 15) is 45.4 Å². The maximum Gasteiger partial charge on any atom is 0.460 e. The Morgan fingerprint density at radius 2 is 1.64 bits per heavy atom. The molecule has 6 nitrogen and oxygen atoms in total. The van der Waals surface area contributed by atoms with Gasteiger partial charge in [0.15, 0.2) is 0 Å². The van der Waals surface area contributed by atoms with Crippen LogP contribution in [0.1, 0.15) is 11.6 Å². The van der Waals surface area contributed by atoms with E-state index in [0.29, 0.717) is 7.11 Å². The number of carbonyl (C=O) groups is 2. The Morgan fingerprint density at radius 1 is 1.11 bits per heavy atom. The van der Waals surface area contributed by atoms with Gasteiger partial charge < -0.3 is 20.5 Å². The number of rotatable bonds is 4. The van der Waals surface area contributed by atoms with Crippen molar-refractivity contribution in [1.29, 1.82) is 0 Å². The third-order valence-electron chi connectivity index (χ3n) is 4.22. The number of methoxy groups -OCH3 is 1. The lowest BCUT2D eigenvalue weighted by atomic mass is 9.77. The second-order valence-corrected chi connectivity index (χ2v) is 5.90. The Labute approximate surface area is 152 Å². The average molecular weight is 418 g/mol. The first-order valence-electron chi connectivity index (χ1n) is 7.47. The van der Waals surface area contributed by atoms with Gasteiger partial charge >= 0.3 is 30.0 Å². The van der Waals surface area contributed by atoms with E-state index in [-0.39, 0.29) is 5.56 Å². The Kier molecular flexibility index (Phi) is 5.27. The molecule has 2 rings (SSSR count). The van der Waals surface area contributed by atoms with Crippen molar-refractivity contribution < 1.29 is 50.2 Å². The predicted octanol–water partition coefficient (Wildman–Crippen LogP) is 2.35. The van der Waals surface area contributed by atoms with Gasteiger partial charge in [-0.25, -0.2) is 4.79 Å². The highest BCUT2D eigenvalue weighted by Crippen LogP contribution is 2.54. The quantitative estimate of drug-likeness (QED) is 0.518. The van der Waals surface area contributed by atoms with Crippen molar-refractivity contribution in [1.82, 2.24) is 10.6 Å². The van der Waals surface area contributed by atoms with Crippen molar-refractivity contribution in [2.75, 3.05) is 7.11 Å². The van der Waals surface area contributed by atoms with Gasteiger partial charge in [0.1, 0.15) is 5.92 Å². The van der Waals surface area contributed by atoms with E-state index < -0.39 is 47.7 Å². The van der Waals surface area contributed by atoms with Gasteiger partial charge in [-0.3, -0.25) is 4.79 Å². The molecule has 28 heavy (non-hydrogen) atoms. The van der Waals surface area contributed by atoms with Crippen molar-refractivity contribution >= 4 is 12.0 Å². The summed E-state index contributed by atoms with van der Waals surface area (Å²) in [5.74, 6) is -17.7. The molecule has 0 radical (unpaired) electrons. The minimum absolute atomic E-state index is 0.127. The first-order valence-corrected chi connectivity index (χ1v) is 7.47. The lowest BCUT2D eigenvalue weighted by Crippen LogP contribution is -2.78. The molecule has 1 aromatic carbocycles. The second-order valence-electron chi connectivity index (χ2n) is 5.90. The summed E-state index contributed by atoms with van der Waals surface area (Å²) >= 11 is 0. The van der Waals surface area contributed by atoms with Gasteiger partial charge in [-0.2, -0.15) is 30.7 Å². The van der Waals surface area contributed by atoms with Crippen LogP contribution in [0.3, 0.4) is 0 Å². The molecule has 1 heterocycles. The normalized spacial score (nSPS) is 26.2. The monoisotopic (exact) mass is 418 g/mol. The van der Waals surface area contributed by atoms with Crippen LogP contribution in [0.15, 0.2) is 30.3 Å². The summed E-state index contributed by atoms with van der Waals surface area (Å²) in [7, 11) is 0.640. The number of nitrogens with one attached hydrogen (secondary N) is 2. The van der Waals surface area contributed by atoms with Gasteiger partial charge in [0.05, 0.1) is 13.2 Å². The summed E-state index contributed by atoms with van der Waals surface area (Å²) in [6.45, 7) is 0. The molecule has 2 amide bonds. The number of esters is 1. The molecule has 1 saturated heterocycles. The molecule has 1 aliphatic rings. The first-order chi connectivity index (χ1) is 12.7. The first kappa shape index (κ1) is 21.7. The molecule has 0 bridgehead atoms. The molecule has 3 N–H and O–H groups in total. The zero-order chi connectivity index (χ0) is 21.5. The number of ether oxygens (including phenoxy) is 1. The van der Waals surface area contributed by atoms with E-state index in [1.54, 1.807) is 0 Å². The van der Waals surface area contributed by atoms with E-state index in [4.69, 9.17) is 0 Å². The molecule has 0 spiro atoms. The number of alkyl halides is 7. The van der Waals surface area contributed by atoms with Crippen LogP contribution in [0.2, 0.25) is 0 Å². The van der Waals surface area contributed by atoms with Gasteiger partial charge in [0.2, 0.25) is 5.72 Å². The molecule has 3 atom stereocenters. The van der Waals surface area contributed by atoms with E-state index >= 15 is 0 Å². The van der Waals surface area contributed by atoms with Gasteiger partial charge in [-0.1, -0.05) is 30.3 Å².